The van der Waals surface area contributed by atoms with Gasteiger partial charge >= 0.3 is 11.9 Å². The zero-order valence-electron chi connectivity index (χ0n) is 21.3. The molecule has 1 aliphatic carbocycles. The van der Waals surface area contributed by atoms with Gasteiger partial charge in [0.15, 0.2) is 5.75 Å². The summed E-state index contributed by atoms with van der Waals surface area (Å²) in [6.45, 7) is 1.75. The van der Waals surface area contributed by atoms with Crippen LogP contribution in [0.3, 0.4) is 0 Å². The Morgan fingerprint density at radius 2 is 1.72 bits per heavy atom. The van der Waals surface area contributed by atoms with Crippen LogP contribution in [-0.4, -0.2) is 69.4 Å². The molecule has 0 unspecified atom stereocenters. The number of rotatable bonds is 6. The van der Waals surface area contributed by atoms with Gasteiger partial charge in [-0.25, -0.2) is 19.6 Å². The molecule has 0 aromatic carbocycles. The van der Waals surface area contributed by atoms with Crippen LogP contribution in [0.4, 0.5) is 5.69 Å². The molecule has 1 fully saturated rings. The lowest BCUT2D eigenvalue weighted by molar-refractivity contribution is -0.159. The number of pyridine rings is 3. The lowest BCUT2D eigenvalue weighted by atomic mass is 9.85. The summed E-state index contributed by atoms with van der Waals surface area (Å²) in [4.78, 5) is 44.4. The molecule has 4 heterocycles. The minimum absolute atomic E-state index is 0.0238. The van der Waals surface area contributed by atoms with Crippen molar-refractivity contribution >= 4 is 34.6 Å². The van der Waals surface area contributed by atoms with Crippen molar-refractivity contribution in [1.82, 2.24) is 20.3 Å². The third-order valence-corrected chi connectivity index (χ3v) is 6.34. The van der Waals surface area contributed by atoms with Crippen LogP contribution in [0.25, 0.3) is 11.0 Å². The molecule has 3 aromatic rings. The summed E-state index contributed by atoms with van der Waals surface area (Å²) >= 11 is 0. The van der Waals surface area contributed by atoms with Crippen LogP contribution in [0.15, 0.2) is 36.5 Å². The van der Waals surface area contributed by atoms with Gasteiger partial charge in [0.2, 0.25) is 11.8 Å². The second-order valence-corrected chi connectivity index (χ2v) is 8.91. The van der Waals surface area contributed by atoms with Crippen molar-refractivity contribution in [3.8, 4) is 17.5 Å². The van der Waals surface area contributed by atoms with Crippen molar-refractivity contribution in [2.45, 2.75) is 38.3 Å². The van der Waals surface area contributed by atoms with E-state index in [2.05, 4.69) is 25.6 Å². The van der Waals surface area contributed by atoms with E-state index in [1.807, 2.05) is 18.2 Å². The van der Waals surface area contributed by atoms with Crippen molar-refractivity contribution in [1.29, 1.82) is 0 Å². The molecule has 5 rings (SSSR count). The van der Waals surface area contributed by atoms with Gasteiger partial charge in [-0.1, -0.05) is 0 Å². The summed E-state index contributed by atoms with van der Waals surface area (Å²) in [5, 5.41) is 21.4. The summed E-state index contributed by atoms with van der Waals surface area (Å²) in [6.07, 6.45) is 5.21. The van der Waals surface area contributed by atoms with Crippen LogP contribution in [0, 0.1) is 5.92 Å². The van der Waals surface area contributed by atoms with Crippen LogP contribution in [0.5, 0.6) is 17.5 Å². The Labute approximate surface area is 223 Å². The van der Waals surface area contributed by atoms with Gasteiger partial charge in [0.1, 0.15) is 18.7 Å². The quantitative estimate of drug-likeness (QED) is 0.336. The van der Waals surface area contributed by atoms with E-state index in [0.717, 1.165) is 31.4 Å². The van der Waals surface area contributed by atoms with E-state index in [1.54, 1.807) is 25.4 Å². The molecule has 4 N–H and O–H groups in total. The predicted octanol–water partition coefficient (Wildman–Crippen LogP) is 2.25. The smallest absolute Gasteiger partial charge is 0.414 e. The number of carbonyl (C=O) groups excluding carboxylic acids is 1. The van der Waals surface area contributed by atoms with Crippen molar-refractivity contribution in [2.24, 2.45) is 5.92 Å². The lowest BCUT2D eigenvalue weighted by Gasteiger charge is -2.28. The number of nitrogens with one attached hydrogen (secondary N) is 2. The Hall–Kier alpha value is -4.52. The molecule has 3 aromatic heterocycles. The van der Waals surface area contributed by atoms with Crippen LogP contribution >= 0.6 is 0 Å². The summed E-state index contributed by atoms with van der Waals surface area (Å²) in [6, 6.07) is 9.60. The molecule has 39 heavy (non-hydrogen) atoms. The largest absolute Gasteiger partial charge is 0.484 e. The first-order valence-corrected chi connectivity index (χ1v) is 12.4. The third-order valence-electron chi connectivity index (χ3n) is 6.34. The van der Waals surface area contributed by atoms with Crippen LogP contribution in [-0.2, 0) is 20.9 Å². The first-order chi connectivity index (χ1) is 18.8. The maximum atomic E-state index is 12.9. The highest BCUT2D eigenvalue weighted by Crippen LogP contribution is 2.29. The van der Waals surface area contributed by atoms with E-state index in [4.69, 9.17) is 34.0 Å². The fourth-order valence-electron chi connectivity index (χ4n) is 4.33. The molecule has 13 nitrogen and oxygen atoms in total. The number of fused-ring (bicyclic) bond motifs is 2. The normalized spacial score (nSPS) is 17.9. The number of anilines is 1. The molecule has 0 saturated heterocycles. The average Bonchev–Trinajstić information content (AvgIpc) is 2.96. The summed E-state index contributed by atoms with van der Waals surface area (Å²) in [7, 11) is 1.57. The molecule has 13 heteroatoms. The standard InChI is InChI=1S/C24H27N5O4.C2H2O4/c1-31-21-9-7-18-22(29-21)19(10-11-25-18)28-23(30)15-2-4-16(5-3-15)26-14-17-6-8-20-24(27-17)33-13-12-32-20;3-1(4)2(5)6/h6-11,15-16,26H,2-5,12-14H2,1H3,(H,25,28,30);(H,3,4)(H,5,6). The fourth-order valence-corrected chi connectivity index (χ4v) is 4.33. The van der Waals surface area contributed by atoms with Gasteiger partial charge in [0.25, 0.3) is 5.88 Å². The SMILES string of the molecule is COc1ccc2nccc(NC(=O)C3CCC(NCc4ccc5c(n4)OCCO5)CC3)c2n1.O=C(O)C(=O)O. The molecule has 1 aliphatic heterocycles. The molecule has 0 atom stereocenters. The van der Waals surface area contributed by atoms with Crippen molar-refractivity contribution < 1.29 is 38.8 Å². The number of aliphatic carboxylic acids is 2. The van der Waals surface area contributed by atoms with Gasteiger partial charge in [-0.3, -0.25) is 9.78 Å². The van der Waals surface area contributed by atoms with Crippen molar-refractivity contribution in [3.05, 3.63) is 42.2 Å². The molecular weight excluding hydrogens is 510 g/mol. The summed E-state index contributed by atoms with van der Waals surface area (Å²) in [5.74, 6) is -1.89. The van der Waals surface area contributed by atoms with Crippen molar-refractivity contribution in [3.63, 3.8) is 0 Å². The Kier molecular flexibility index (Phi) is 9.05. The molecule has 0 bridgehead atoms. The number of carboxylic acids is 2. The van der Waals surface area contributed by atoms with E-state index in [0.29, 0.717) is 60.0 Å². The zero-order valence-corrected chi connectivity index (χ0v) is 21.3. The highest BCUT2D eigenvalue weighted by Gasteiger charge is 2.27. The number of amides is 1. The number of nitrogens with zero attached hydrogens (tertiary/aromatic N) is 3. The fraction of sp³-hybridized carbons (Fsp3) is 0.385. The lowest BCUT2D eigenvalue weighted by Crippen LogP contribution is -2.36. The minimum Gasteiger partial charge on any atom is -0.484 e. The molecule has 0 radical (unpaired) electrons. The highest BCUT2D eigenvalue weighted by atomic mass is 16.6. The molecular formula is C26H29N5O8. The second-order valence-electron chi connectivity index (χ2n) is 8.91. The number of hydrogen-bond donors (Lipinski definition) is 4. The number of carbonyl (C=O) groups is 3. The van der Waals surface area contributed by atoms with Gasteiger partial charge in [0.05, 0.1) is 24.0 Å². The average molecular weight is 540 g/mol. The van der Waals surface area contributed by atoms with E-state index < -0.39 is 11.9 Å². The highest BCUT2D eigenvalue weighted by molar-refractivity contribution is 6.27. The van der Waals surface area contributed by atoms with E-state index in [-0.39, 0.29) is 11.8 Å². The molecule has 1 saturated carbocycles. The summed E-state index contributed by atoms with van der Waals surface area (Å²) < 4.78 is 16.3. The number of methoxy groups -OCH3 is 1. The minimum atomic E-state index is -1.82. The number of aromatic nitrogens is 3. The van der Waals surface area contributed by atoms with E-state index in [1.165, 1.54) is 0 Å². The van der Waals surface area contributed by atoms with Crippen molar-refractivity contribution in [2.75, 3.05) is 25.6 Å². The number of carboxylic acid groups (broad SMARTS) is 2. The van der Waals surface area contributed by atoms with Gasteiger partial charge in [0, 0.05) is 30.8 Å². The molecule has 2 aliphatic rings. The summed E-state index contributed by atoms with van der Waals surface area (Å²) in [5.41, 5.74) is 2.93. The maximum absolute atomic E-state index is 12.9. The van der Waals surface area contributed by atoms with Gasteiger partial charge in [-0.15, -0.1) is 0 Å². The predicted molar refractivity (Wildman–Crippen MR) is 138 cm³/mol. The van der Waals surface area contributed by atoms with E-state index in [9.17, 15) is 4.79 Å². The van der Waals surface area contributed by atoms with Gasteiger partial charge in [-0.05, 0) is 49.9 Å². The second kappa shape index (κ2) is 12.8. The number of hydrogen-bond acceptors (Lipinski definition) is 10. The Morgan fingerprint density at radius 3 is 2.44 bits per heavy atom. The zero-order chi connectivity index (χ0) is 27.8. The van der Waals surface area contributed by atoms with Crippen LogP contribution in [0.2, 0.25) is 0 Å². The van der Waals surface area contributed by atoms with Crippen LogP contribution in [0.1, 0.15) is 31.4 Å². The first kappa shape index (κ1) is 27.5. The Balaban J connectivity index is 0.000000531. The Bertz CT molecular complexity index is 1330. The first-order valence-electron chi connectivity index (χ1n) is 12.4. The topological polar surface area (TPSA) is 182 Å². The third kappa shape index (κ3) is 7.29. The van der Waals surface area contributed by atoms with E-state index >= 15 is 0 Å². The monoisotopic (exact) mass is 539 g/mol. The Morgan fingerprint density at radius 1 is 0.974 bits per heavy atom. The maximum Gasteiger partial charge on any atom is 0.414 e. The number of ether oxygens (including phenoxy) is 3. The van der Waals surface area contributed by atoms with Gasteiger partial charge in [-0.2, -0.15) is 0 Å². The van der Waals surface area contributed by atoms with Crippen LogP contribution < -0.4 is 24.8 Å². The molecule has 0 spiro atoms. The van der Waals surface area contributed by atoms with Gasteiger partial charge < -0.3 is 35.1 Å². The molecule has 1 amide bonds. The molecule has 206 valence electrons.